The van der Waals surface area contributed by atoms with Crippen molar-refractivity contribution < 1.29 is 19.4 Å². The Morgan fingerprint density at radius 3 is 2.72 bits per heavy atom. The first kappa shape index (κ1) is 14.3. The van der Waals surface area contributed by atoms with Crippen molar-refractivity contribution in [3.63, 3.8) is 0 Å². The molecule has 1 rings (SSSR count). The molecule has 0 fully saturated rings. The van der Waals surface area contributed by atoms with Crippen molar-refractivity contribution in [1.82, 2.24) is 4.90 Å². The van der Waals surface area contributed by atoms with Gasteiger partial charge in [-0.2, -0.15) is 0 Å². The van der Waals surface area contributed by atoms with Gasteiger partial charge < -0.3 is 19.5 Å². The number of methoxy groups -OCH3 is 1. The summed E-state index contributed by atoms with van der Waals surface area (Å²) in [4.78, 5) is 12.3. The predicted octanol–water partition coefficient (Wildman–Crippen LogP) is 1.48. The van der Waals surface area contributed by atoms with Crippen molar-refractivity contribution in [2.75, 3.05) is 33.9 Å². The highest BCUT2D eigenvalue weighted by molar-refractivity contribution is 5.66. The third kappa shape index (κ3) is 5.54. The van der Waals surface area contributed by atoms with Crippen LogP contribution < -0.4 is 9.47 Å². The van der Waals surface area contributed by atoms with Crippen LogP contribution in [-0.2, 0) is 4.79 Å². The highest BCUT2D eigenvalue weighted by atomic mass is 16.5. The lowest BCUT2D eigenvalue weighted by molar-refractivity contribution is -0.137. The Morgan fingerprint density at radius 1 is 1.33 bits per heavy atom. The second kappa shape index (κ2) is 7.55. The number of rotatable bonds is 8. The molecule has 0 bridgehead atoms. The fraction of sp³-hybridized carbons (Fsp3) is 0.462. The molecule has 1 N–H and O–H groups in total. The maximum Gasteiger partial charge on any atom is 0.304 e. The maximum absolute atomic E-state index is 10.4. The highest BCUT2D eigenvalue weighted by Gasteiger charge is 2.03. The molecule has 100 valence electrons. The lowest BCUT2D eigenvalue weighted by atomic mass is 10.3. The van der Waals surface area contributed by atoms with Gasteiger partial charge in [0, 0.05) is 19.2 Å². The van der Waals surface area contributed by atoms with E-state index in [0.29, 0.717) is 19.7 Å². The van der Waals surface area contributed by atoms with Gasteiger partial charge in [0.1, 0.15) is 18.1 Å². The Bertz CT molecular complexity index is 381. The molecule has 0 spiro atoms. The fourth-order valence-corrected chi connectivity index (χ4v) is 1.41. The number of likely N-dealkylation sites (N-methyl/N-ethyl adjacent to an activating group) is 1. The third-order valence-corrected chi connectivity index (χ3v) is 2.49. The van der Waals surface area contributed by atoms with Gasteiger partial charge in [0.2, 0.25) is 0 Å². The van der Waals surface area contributed by atoms with Crippen LogP contribution in [0.25, 0.3) is 0 Å². The molecule has 1 aromatic carbocycles. The smallest absolute Gasteiger partial charge is 0.304 e. The largest absolute Gasteiger partial charge is 0.497 e. The molecule has 5 heteroatoms. The van der Waals surface area contributed by atoms with Gasteiger partial charge in [-0.25, -0.2) is 0 Å². The molecule has 0 atom stereocenters. The first-order chi connectivity index (χ1) is 8.61. The monoisotopic (exact) mass is 253 g/mol. The number of carbonyl (C=O) groups is 1. The molecule has 18 heavy (non-hydrogen) atoms. The minimum absolute atomic E-state index is 0.148. The minimum Gasteiger partial charge on any atom is -0.497 e. The van der Waals surface area contributed by atoms with E-state index < -0.39 is 5.97 Å². The number of aliphatic carboxylic acids is 1. The number of carboxylic acid groups (broad SMARTS) is 1. The Labute approximate surface area is 107 Å². The van der Waals surface area contributed by atoms with Crippen LogP contribution in [0.2, 0.25) is 0 Å². The van der Waals surface area contributed by atoms with E-state index in [1.54, 1.807) is 7.11 Å². The Hall–Kier alpha value is -1.75. The number of hydrogen-bond donors (Lipinski definition) is 1. The first-order valence-corrected chi connectivity index (χ1v) is 5.79. The van der Waals surface area contributed by atoms with Crippen LogP contribution in [0.4, 0.5) is 0 Å². The summed E-state index contributed by atoms with van der Waals surface area (Å²) in [6.07, 6.45) is 0.148. The second-order valence-corrected chi connectivity index (χ2v) is 3.97. The normalized spacial score (nSPS) is 10.4. The first-order valence-electron chi connectivity index (χ1n) is 5.79. The number of carboxylic acids is 1. The van der Waals surface area contributed by atoms with Gasteiger partial charge in [-0.15, -0.1) is 0 Å². The van der Waals surface area contributed by atoms with Crippen LogP contribution in [0.1, 0.15) is 6.42 Å². The molecule has 0 heterocycles. The molecule has 0 aliphatic heterocycles. The molecule has 0 saturated carbocycles. The molecular formula is C13H19NO4. The Kier molecular flexibility index (Phi) is 6.00. The number of hydrogen-bond acceptors (Lipinski definition) is 4. The molecule has 1 aromatic rings. The van der Waals surface area contributed by atoms with Gasteiger partial charge in [0.25, 0.3) is 0 Å². The van der Waals surface area contributed by atoms with E-state index in [1.807, 2.05) is 36.2 Å². The summed E-state index contributed by atoms with van der Waals surface area (Å²) in [5.74, 6) is 0.725. The van der Waals surface area contributed by atoms with Crippen LogP contribution >= 0.6 is 0 Å². The van der Waals surface area contributed by atoms with E-state index in [0.717, 1.165) is 11.5 Å². The SMILES string of the molecule is COc1cccc(OCCN(C)CCC(=O)O)c1. The molecule has 0 aliphatic rings. The van der Waals surface area contributed by atoms with E-state index in [1.165, 1.54) is 0 Å². The molecule has 0 unspecified atom stereocenters. The van der Waals surface area contributed by atoms with E-state index in [-0.39, 0.29) is 6.42 Å². The zero-order valence-electron chi connectivity index (χ0n) is 10.8. The van der Waals surface area contributed by atoms with Crippen LogP contribution in [0.15, 0.2) is 24.3 Å². The lowest BCUT2D eigenvalue weighted by Gasteiger charge is -2.15. The summed E-state index contributed by atoms with van der Waals surface area (Å²) >= 11 is 0. The van der Waals surface area contributed by atoms with Gasteiger partial charge >= 0.3 is 5.97 Å². The van der Waals surface area contributed by atoms with Gasteiger partial charge in [-0.05, 0) is 19.2 Å². The van der Waals surface area contributed by atoms with Crippen molar-refractivity contribution in [1.29, 1.82) is 0 Å². The summed E-state index contributed by atoms with van der Waals surface area (Å²) in [5, 5.41) is 8.55. The minimum atomic E-state index is -0.782. The molecule has 0 aliphatic carbocycles. The van der Waals surface area contributed by atoms with Crippen molar-refractivity contribution in [3.8, 4) is 11.5 Å². The molecule has 0 saturated heterocycles. The average Bonchev–Trinajstić information content (AvgIpc) is 2.36. The molecule has 0 aromatic heterocycles. The number of ether oxygens (including phenoxy) is 2. The van der Waals surface area contributed by atoms with Gasteiger partial charge in [0.05, 0.1) is 13.5 Å². The van der Waals surface area contributed by atoms with Crippen LogP contribution in [0.5, 0.6) is 11.5 Å². The highest BCUT2D eigenvalue weighted by Crippen LogP contribution is 2.18. The predicted molar refractivity (Wildman–Crippen MR) is 68.2 cm³/mol. The van der Waals surface area contributed by atoms with Crippen molar-refractivity contribution in [2.24, 2.45) is 0 Å². The summed E-state index contributed by atoms with van der Waals surface area (Å²) < 4.78 is 10.6. The summed E-state index contributed by atoms with van der Waals surface area (Å²) in [6.45, 7) is 1.73. The maximum atomic E-state index is 10.4. The van der Waals surface area contributed by atoms with Crippen molar-refractivity contribution >= 4 is 5.97 Å². The van der Waals surface area contributed by atoms with Crippen LogP contribution in [0, 0.1) is 0 Å². The molecular weight excluding hydrogens is 234 g/mol. The van der Waals surface area contributed by atoms with E-state index in [2.05, 4.69) is 0 Å². The molecule has 0 amide bonds. The summed E-state index contributed by atoms with van der Waals surface area (Å²) in [6, 6.07) is 7.39. The Balaban J connectivity index is 2.26. The summed E-state index contributed by atoms with van der Waals surface area (Å²) in [5.41, 5.74) is 0. The average molecular weight is 253 g/mol. The van der Waals surface area contributed by atoms with Crippen molar-refractivity contribution in [3.05, 3.63) is 24.3 Å². The van der Waals surface area contributed by atoms with E-state index in [9.17, 15) is 4.79 Å². The van der Waals surface area contributed by atoms with Gasteiger partial charge in [-0.1, -0.05) is 6.07 Å². The van der Waals surface area contributed by atoms with Gasteiger partial charge in [-0.3, -0.25) is 4.79 Å². The second-order valence-electron chi connectivity index (χ2n) is 3.97. The quantitative estimate of drug-likeness (QED) is 0.760. The topological polar surface area (TPSA) is 59.0 Å². The standard InChI is InChI=1S/C13H19NO4/c1-14(7-6-13(15)16)8-9-18-12-5-3-4-11(10-12)17-2/h3-5,10H,6-9H2,1-2H3,(H,15,16). The number of benzene rings is 1. The molecule has 0 radical (unpaired) electrons. The zero-order valence-corrected chi connectivity index (χ0v) is 10.8. The fourth-order valence-electron chi connectivity index (χ4n) is 1.41. The molecule has 5 nitrogen and oxygen atoms in total. The van der Waals surface area contributed by atoms with Crippen LogP contribution in [0.3, 0.4) is 0 Å². The zero-order chi connectivity index (χ0) is 13.4. The Morgan fingerprint density at radius 2 is 2.06 bits per heavy atom. The lowest BCUT2D eigenvalue weighted by Crippen LogP contribution is -2.26. The van der Waals surface area contributed by atoms with Gasteiger partial charge in [0.15, 0.2) is 0 Å². The van der Waals surface area contributed by atoms with E-state index >= 15 is 0 Å². The van der Waals surface area contributed by atoms with E-state index in [4.69, 9.17) is 14.6 Å². The third-order valence-electron chi connectivity index (χ3n) is 2.49. The van der Waals surface area contributed by atoms with Crippen LogP contribution in [-0.4, -0.2) is 49.8 Å². The summed E-state index contributed by atoms with van der Waals surface area (Å²) in [7, 11) is 3.48. The number of nitrogens with zero attached hydrogens (tertiary/aromatic N) is 1. The van der Waals surface area contributed by atoms with Crippen molar-refractivity contribution in [2.45, 2.75) is 6.42 Å².